The maximum Gasteiger partial charge on any atom is 0.205 e. The van der Waals surface area contributed by atoms with Gasteiger partial charge in [0, 0.05) is 13.4 Å². The minimum Gasteiger partial charge on any atom is -0.369 e. The number of nitrogens with zero attached hydrogens (tertiary/aromatic N) is 2. The number of hydrogen-bond donors (Lipinski definition) is 1. The Morgan fingerprint density at radius 2 is 1.63 bits per heavy atom. The standard InChI is InChI=1S/C13H8Br3N3/c14-7-1-3-11(9(16)5-7)19-12-4-2-8(15)6-10(12)18-13(19)17/h1-6H,(H2,17,18). The molecule has 1 heterocycles. The number of nitrogens with two attached hydrogens (primary N) is 1. The van der Waals surface area contributed by atoms with Gasteiger partial charge in [-0.05, 0) is 52.3 Å². The Morgan fingerprint density at radius 3 is 2.37 bits per heavy atom. The number of nitrogen functional groups attached to an aromatic ring is 1. The molecule has 0 saturated heterocycles. The van der Waals surface area contributed by atoms with Crippen molar-refractivity contribution < 1.29 is 0 Å². The normalized spacial score (nSPS) is 11.1. The molecule has 3 rings (SSSR count). The lowest BCUT2D eigenvalue weighted by Crippen LogP contribution is -2.01. The Kier molecular flexibility index (Phi) is 3.41. The summed E-state index contributed by atoms with van der Waals surface area (Å²) < 4.78 is 4.88. The van der Waals surface area contributed by atoms with Crippen molar-refractivity contribution in [2.75, 3.05) is 5.73 Å². The van der Waals surface area contributed by atoms with E-state index in [9.17, 15) is 0 Å². The molecule has 0 aliphatic heterocycles. The fourth-order valence-corrected chi connectivity index (χ4v) is 3.56. The molecule has 6 heteroatoms. The third kappa shape index (κ3) is 2.32. The van der Waals surface area contributed by atoms with Gasteiger partial charge >= 0.3 is 0 Å². The Labute approximate surface area is 135 Å². The van der Waals surface area contributed by atoms with Gasteiger partial charge in [0.25, 0.3) is 0 Å². The molecule has 3 nitrogen and oxygen atoms in total. The van der Waals surface area contributed by atoms with Crippen LogP contribution >= 0.6 is 47.8 Å². The molecule has 0 atom stereocenters. The second-order valence-corrected chi connectivity index (χ2v) is 6.72. The van der Waals surface area contributed by atoms with Gasteiger partial charge in [0.15, 0.2) is 0 Å². The van der Waals surface area contributed by atoms with Gasteiger partial charge in [-0.25, -0.2) is 4.98 Å². The van der Waals surface area contributed by atoms with E-state index in [0.717, 1.165) is 30.1 Å². The van der Waals surface area contributed by atoms with Crippen LogP contribution in [0.5, 0.6) is 0 Å². The molecule has 0 aliphatic carbocycles. The predicted molar refractivity (Wildman–Crippen MR) is 88.6 cm³/mol. The number of rotatable bonds is 1. The summed E-state index contributed by atoms with van der Waals surface area (Å²) >= 11 is 10.4. The molecule has 0 unspecified atom stereocenters. The molecular weight excluding hydrogens is 438 g/mol. The first-order valence-electron chi connectivity index (χ1n) is 5.45. The van der Waals surface area contributed by atoms with Crippen molar-refractivity contribution in [1.29, 1.82) is 0 Å². The summed E-state index contributed by atoms with van der Waals surface area (Å²) in [5, 5.41) is 0. The second-order valence-electron chi connectivity index (χ2n) is 4.03. The van der Waals surface area contributed by atoms with Gasteiger partial charge < -0.3 is 5.73 Å². The van der Waals surface area contributed by atoms with Crippen molar-refractivity contribution in [2.45, 2.75) is 0 Å². The first-order valence-corrected chi connectivity index (χ1v) is 7.83. The number of halogens is 3. The number of anilines is 1. The number of fused-ring (bicyclic) bond motifs is 1. The molecule has 96 valence electrons. The van der Waals surface area contributed by atoms with Gasteiger partial charge in [0.05, 0.1) is 16.7 Å². The van der Waals surface area contributed by atoms with Gasteiger partial charge in [-0.1, -0.05) is 31.9 Å². The van der Waals surface area contributed by atoms with Crippen LogP contribution in [-0.2, 0) is 0 Å². The first kappa shape index (κ1) is 13.1. The van der Waals surface area contributed by atoms with Crippen molar-refractivity contribution in [3.05, 3.63) is 49.8 Å². The zero-order valence-corrected chi connectivity index (χ0v) is 14.3. The molecule has 0 spiro atoms. The summed E-state index contributed by atoms with van der Waals surface area (Å²) in [4.78, 5) is 4.39. The van der Waals surface area contributed by atoms with Crippen molar-refractivity contribution in [3.8, 4) is 5.69 Å². The Hall–Kier alpha value is -0.850. The van der Waals surface area contributed by atoms with Gasteiger partial charge in [0.1, 0.15) is 0 Å². The zero-order chi connectivity index (χ0) is 13.6. The molecule has 19 heavy (non-hydrogen) atoms. The first-order chi connectivity index (χ1) is 9.06. The number of imidazole rings is 1. The topological polar surface area (TPSA) is 43.8 Å². The minimum atomic E-state index is 0.469. The fraction of sp³-hybridized carbons (Fsp3) is 0. The molecule has 0 bridgehead atoms. The highest BCUT2D eigenvalue weighted by atomic mass is 79.9. The van der Waals surface area contributed by atoms with Gasteiger partial charge in [-0.3, -0.25) is 4.57 Å². The van der Waals surface area contributed by atoms with E-state index in [-0.39, 0.29) is 0 Å². The molecule has 0 fully saturated rings. The molecule has 0 radical (unpaired) electrons. The van der Waals surface area contributed by atoms with E-state index in [2.05, 4.69) is 52.8 Å². The van der Waals surface area contributed by atoms with E-state index in [0.29, 0.717) is 5.95 Å². The molecule has 0 saturated carbocycles. The maximum atomic E-state index is 6.05. The average molecular weight is 446 g/mol. The van der Waals surface area contributed by atoms with Crippen LogP contribution in [0.3, 0.4) is 0 Å². The molecule has 3 aromatic rings. The third-order valence-electron chi connectivity index (χ3n) is 2.79. The van der Waals surface area contributed by atoms with Crippen molar-refractivity contribution in [3.63, 3.8) is 0 Å². The highest BCUT2D eigenvalue weighted by Gasteiger charge is 2.12. The summed E-state index contributed by atoms with van der Waals surface area (Å²) in [6, 6.07) is 11.9. The Balaban J connectivity index is 2.33. The molecular formula is C13H8Br3N3. The van der Waals surface area contributed by atoms with E-state index < -0.39 is 0 Å². The fourth-order valence-electron chi connectivity index (χ4n) is 1.99. The molecule has 2 N–H and O–H groups in total. The largest absolute Gasteiger partial charge is 0.369 e. The smallest absolute Gasteiger partial charge is 0.205 e. The van der Waals surface area contributed by atoms with Gasteiger partial charge in [-0.15, -0.1) is 0 Å². The van der Waals surface area contributed by atoms with Gasteiger partial charge in [0.2, 0.25) is 5.95 Å². The van der Waals surface area contributed by atoms with Crippen LogP contribution < -0.4 is 5.73 Å². The van der Waals surface area contributed by atoms with E-state index >= 15 is 0 Å². The minimum absolute atomic E-state index is 0.469. The zero-order valence-electron chi connectivity index (χ0n) is 9.57. The Morgan fingerprint density at radius 1 is 0.947 bits per heavy atom. The molecule has 0 amide bonds. The second kappa shape index (κ2) is 4.92. The third-order valence-corrected chi connectivity index (χ3v) is 4.41. The summed E-state index contributed by atoms with van der Waals surface area (Å²) in [5.74, 6) is 0.469. The molecule has 2 aromatic carbocycles. The monoisotopic (exact) mass is 443 g/mol. The summed E-state index contributed by atoms with van der Waals surface area (Å²) in [6.07, 6.45) is 0. The number of hydrogen-bond acceptors (Lipinski definition) is 2. The van der Waals surface area contributed by atoms with Crippen LogP contribution in [0.4, 0.5) is 5.95 Å². The number of aromatic nitrogens is 2. The van der Waals surface area contributed by atoms with E-state index in [1.165, 1.54) is 0 Å². The lowest BCUT2D eigenvalue weighted by molar-refractivity contribution is 1.10. The van der Waals surface area contributed by atoms with Crippen LogP contribution in [0.15, 0.2) is 49.8 Å². The van der Waals surface area contributed by atoms with Crippen molar-refractivity contribution >= 4 is 64.8 Å². The molecule has 0 aliphatic rings. The highest BCUT2D eigenvalue weighted by molar-refractivity contribution is 9.11. The number of benzene rings is 2. The molecule has 1 aromatic heterocycles. The van der Waals surface area contributed by atoms with Crippen molar-refractivity contribution in [1.82, 2.24) is 9.55 Å². The van der Waals surface area contributed by atoms with Crippen LogP contribution in [0, 0.1) is 0 Å². The summed E-state index contributed by atoms with van der Waals surface area (Å²) in [7, 11) is 0. The van der Waals surface area contributed by atoms with Crippen LogP contribution in [0.2, 0.25) is 0 Å². The average Bonchev–Trinajstić information content (AvgIpc) is 2.65. The highest BCUT2D eigenvalue weighted by Crippen LogP contribution is 2.31. The summed E-state index contributed by atoms with van der Waals surface area (Å²) in [5.41, 5.74) is 8.85. The lowest BCUT2D eigenvalue weighted by Gasteiger charge is -2.09. The quantitative estimate of drug-likeness (QED) is 0.579. The predicted octanol–water partition coefficient (Wildman–Crippen LogP) is 4.90. The SMILES string of the molecule is Nc1nc2cc(Br)ccc2n1-c1ccc(Br)cc1Br. The lowest BCUT2D eigenvalue weighted by atomic mass is 10.3. The Bertz CT molecular complexity index is 780. The van der Waals surface area contributed by atoms with E-state index in [4.69, 9.17) is 5.73 Å². The van der Waals surface area contributed by atoms with Crippen LogP contribution in [-0.4, -0.2) is 9.55 Å². The van der Waals surface area contributed by atoms with Crippen LogP contribution in [0.1, 0.15) is 0 Å². The van der Waals surface area contributed by atoms with E-state index in [1.54, 1.807) is 0 Å². The van der Waals surface area contributed by atoms with E-state index in [1.807, 2.05) is 41.0 Å². The maximum absolute atomic E-state index is 6.05. The van der Waals surface area contributed by atoms with Gasteiger partial charge in [-0.2, -0.15) is 0 Å². The van der Waals surface area contributed by atoms with Crippen molar-refractivity contribution in [2.24, 2.45) is 0 Å². The summed E-state index contributed by atoms with van der Waals surface area (Å²) in [6.45, 7) is 0. The van der Waals surface area contributed by atoms with Crippen LogP contribution in [0.25, 0.3) is 16.7 Å².